The van der Waals surface area contributed by atoms with E-state index in [1.807, 2.05) is 0 Å². The summed E-state index contributed by atoms with van der Waals surface area (Å²) >= 11 is 0. The van der Waals surface area contributed by atoms with Gasteiger partial charge in [0.25, 0.3) is 0 Å². The number of carbonyl (C=O) groups is 2. The number of rotatable bonds is 6. The van der Waals surface area contributed by atoms with E-state index < -0.39 is 21.9 Å². The van der Waals surface area contributed by atoms with Gasteiger partial charge in [0.05, 0.1) is 23.0 Å². The molecule has 1 fully saturated rings. The number of amides is 1. The Hall–Kier alpha value is -2.71. The zero-order valence-electron chi connectivity index (χ0n) is 16.2. The van der Waals surface area contributed by atoms with Crippen LogP contribution in [0.2, 0.25) is 0 Å². The summed E-state index contributed by atoms with van der Waals surface area (Å²) in [6.07, 6.45) is 1.21. The Kier molecular flexibility index (Phi) is 6.66. The zero-order chi connectivity index (χ0) is 20.9. The number of nitrogens with one attached hydrogen (secondary N) is 1. The summed E-state index contributed by atoms with van der Waals surface area (Å²) in [7, 11) is -3.63. The molecular formula is C21H24N2O5S. The van der Waals surface area contributed by atoms with Gasteiger partial charge in [-0.25, -0.2) is 13.2 Å². The van der Waals surface area contributed by atoms with Gasteiger partial charge in [0.2, 0.25) is 15.9 Å². The molecule has 2 aromatic rings. The maximum atomic E-state index is 12.8. The number of hydrogen-bond acceptors (Lipinski definition) is 5. The fourth-order valence-corrected chi connectivity index (χ4v) is 4.84. The van der Waals surface area contributed by atoms with Gasteiger partial charge in [0.15, 0.2) is 0 Å². The minimum absolute atomic E-state index is 0.126. The van der Waals surface area contributed by atoms with E-state index in [2.05, 4.69) is 5.32 Å². The molecule has 154 valence electrons. The van der Waals surface area contributed by atoms with Gasteiger partial charge in [-0.2, -0.15) is 4.31 Å². The number of esters is 1. The Balaban J connectivity index is 1.69. The van der Waals surface area contributed by atoms with E-state index in [1.54, 1.807) is 61.5 Å². The third-order valence-electron chi connectivity index (χ3n) is 4.78. The molecule has 3 rings (SSSR count). The lowest BCUT2D eigenvalue weighted by molar-refractivity contribution is -0.120. The quantitative estimate of drug-likeness (QED) is 0.731. The van der Waals surface area contributed by atoms with Crippen LogP contribution in [0.4, 0.5) is 5.69 Å². The second-order valence-electron chi connectivity index (χ2n) is 6.81. The number of carbonyl (C=O) groups excluding carboxylic acids is 2. The standard InChI is InChI=1S/C21H24N2O5S/c1-2-28-21(25)16-8-6-10-18(14-16)22-20(24)17-9-7-13-23(15-17)29(26,27)19-11-4-3-5-12-19/h3-6,8,10-12,14,17H,2,7,9,13,15H2,1H3,(H,22,24)/t17-/m1/s1. The summed E-state index contributed by atoms with van der Waals surface area (Å²) in [5.41, 5.74) is 0.824. The van der Waals surface area contributed by atoms with Crippen molar-refractivity contribution >= 4 is 27.6 Å². The van der Waals surface area contributed by atoms with Crippen molar-refractivity contribution in [2.45, 2.75) is 24.7 Å². The van der Waals surface area contributed by atoms with Crippen LogP contribution in [0, 0.1) is 5.92 Å². The van der Waals surface area contributed by atoms with Crippen LogP contribution in [0.3, 0.4) is 0 Å². The number of sulfonamides is 1. The first kappa shape index (κ1) is 21.0. The fraction of sp³-hybridized carbons (Fsp3) is 0.333. The molecule has 1 N–H and O–H groups in total. The highest BCUT2D eigenvalue weighted by atomic mass is 32.2. The maximum Gasteiger partial charge on any atom is 0.338 e. The molecule has 1 amide bonds. The molecule has 1 heterocycles. The third kappa shape index (κ3) is 5.02. The van der Waals surface area contributed by atoms with Crippen molar-refractivity contribution in [1.29, 1.82) is 0 Å². The molecule has 0 spiro atoms. The van der Waals surface area contributed by atoms with Crippen molar-refractivity contribution in [3.05, 3.63) is 60.2 Å². The number of anilines is 1. The number of piperidine rings is 1. The number of hydrogen-bond donors (Lipinski definition) is 1. The molecule has 1 saturated heterocycles. The highest BCUT2D eigenvalue weighted by Gasteiger charge is 2.33. The van der Waals surface area contributed by atoms with Crippen molar-refractivity contribution in [2.24, 2.45) is 5.92 Å². The van der Waals surface area contributed by atoms with Crippen molar-refractivity contribution in [3.8, 4) is 0 Å². The molecular weight excluding hydrogens is 392 g/mol. The van der Waals surface area contributed by atoms with Gasteiger partial charge in [0.1, 0.15) is 0 Å². The third-order valence-corrected chi connectivity index (χ3v) is 6.66. The molecule has 1 aliphatic rings. The van der Waals surface area contributed by atoms with Gasteiger partial charge in [-0.05, 0) is 50.1 Å². The van der Waals surface area contributed by atoms with Crippen LogP contribution in [-0.2, 0) is 19.6 Å². The highest BCUT2D eigenvalue weighted by molar-refractivity contribution is 7.89. The monoisotopic (exact) mass is 416 g/mol. The van der Waals surface area contributed by atoms with Gasteiger partial charge < -0.3 is 10.1 Å². The molecule has 0 aromatic heterocycles. The Morgan fingerprint density at radius 1 is 1.14 bits per heavy atom. The van der Waals surface area contributed by atoms with Crippen LogP contribution in [0.5, 0.6) is 0 Å². The highest BCUT2D eigenvalue weighted by Crippen LogP contribution is 2.25. The summed E-state index contributed by atoms with van der Waals surface area (Å²) in [5, 5.41) is 2.79. The van der Waals surface area contributed by atoms with Crippen molar-refractivity contribution in [1.82, 2.24) is 4.31 Å². The van der Waals surface area contributed by atoms with Gasteiger partial charge in [-0.3, -0.25) is 4.79 Å². The molecule has 8 heteroatoms. The lowest BCUT2D eigenvalue weighted by Gasteiger charge is -2.31. The van der Waals surface area contributed by atoms with Crippen molar-refractivity contribution in [2.75, 3.05) is 25.0 Å². The van der Waals surface area contributed by atoms with Crippen LogP contribution < -0.4 is 5.32 Å². The lowest BCUT2D eigenvalue weighted by atomic mass is 9.98. The topological polar surface area (TPSA) is 92.8 Å². The first-order valence-electron chi connectivity index (χ1n) is 9.55. The Labute approximate surface area is 170 Å². The fourth-order valence-electron chi connectivity index (χ4n) is 3.30. The van der Waals surface area contributed by atoms with Crippen LogP contribution in [0.1, 0.15) is 30.1 Å². The van der Waals surface area contributed by atoms with Crippen molar-refractivity contribution < 1.29 is 22.7 Å². The first-order chi connectivity index (χ1) is 13.9. The van der Waals surface area contributed by atoms with Gasteiger partial charge >= 0.3 is 5.97 Å². The van der Waals surface area contributed by atoms with E-state index in [4.69, 9.17) is 4.74 Å². The molecule has 7 nitrogen and oxygen atoms in total. The van der Waals surface area contributed by atoms with Crippen LogP contribution in [0.15, 0.2) is 59.5 Å². The molecule has 0 aliphatic carbocycles. The molecule has 1 atom stereocenters. The maximum absolute atomic E-state index is 12.8. The summed E-state index contributed by atoms with van der Waals surface area (Å²) in [5.74, 6) is -1.19. The minimum atomic E-state index is -3.63. The van der Waals surface area contributed by atoms with E-state index in [0.717, 1.165) is 0 Å². The Morgan fingerprint density at radius 2 is 1.90 bits per heavy atom. The van der Waals surface area contributed by atoms with Crippen molar-refractivity contribution in [3.63, 3.8) is 0 Å². The van der Waals surface area contributed by atoms with E-state index in [-0.39, 0.29) is 24.0 Å². The van der Waals surface area contributed by atoms with Gasteiger partial charge in [-0.1, -0.05) is 24.3 Å². The summed E-state index contributed by atoms with van der Waals surface area (Å²) in [6, 6.07) is 14.7. The number of ether oxygens (including phenoxy) is 1. The number of benzene rings is 2. The van der Waals surface area contributed by atoms with Crippen LogP contribution in [-0.4, -0.2) is 44.3 Å². The molecule has 0 bridgehead atoms. The molecule has 0 unspecified atom stereocenters. The van der Waals surface area contributed by atoms with Gasteiger partial charge in [-0.15, -0.1) is 0 Å². The molecule has 29 heavy (non-hydrogen) atoms. The molecule has 1 aliphatic heterocycles. The van der Waals surface area contributed by atoms with Crippen LogP contribution >= 0.6 is 0 Å². The second-order valence-corrected chi connectivity index (χ2v) is 8.74. The largest absolute Gasteiger partial charge is 0.462 e. The molecule has 0 saturated carbocycles. The Morgan fingerprint density at radius 3 is 2.62 bits per heavy atom. The molecule has 2 aromatic carbocycles. The van der Waals surface area contributed by atoms with Crippen LogP contribution in [0.25, 0.3) is 0 Å². The second kappa shape index (κ2) is 9.19. The predicted octanol–water partition coefficient (Wildman–Crippen LogP) is 2.90. The summed E-state index contributed by atoms with van der Waals surface area (Å²) < 4.78 is 32.0. The number of nitrogens with zero attached hydrogens (tertiary/aromatic N) is 1. The molecule has 0 radical (unpaired) electrons. The normalized spacial score (nSPS) is 17.5. The van der Waals surface area contributed by atoms with E-state index in [1.165, 1.54) is 4.31 Å². The summed E-state index contributed by atoms with van der Waals surface area (Å²) in [6.45, 7) is 2.51. The Bertz CT molecular complexity index is 976. The summed E-state index contributed by atoms with van der Waals surface area (Å²) in [4.78, 5) is 24.8. The average Bonchev–Trinajstić information content (AvgIpc) is 2.75. The first-order valence-corrected chi connectivity index (χ1v) is 11.0. The van der Waals surface area contributed by atoms with E-state index >= 15 is 0 Å². The average molecular weight is 416 g/mol. The minimum Gasteiger partial charge on any atom is -0.462 e. The SMILES string of the molecule is CCOC(=O)c1cccc(NC(=O)[C@@H]2CCCN(S(=O)(=O)c3ccccc3)C2)c1. The predicted molar refractivity (Wildman–Crippen MR) is 109 cm³/mol. The lowest BCUT2D eigenvalue weighted by Crippen LogP contribution is -2.43. The smallest absolute Gasteiger partial charge is 0.338 e. The van der Waals surface area contributed by atoms with E-state index in [0.29, 0.717) is 30.6 Å². The van der Waals surface area contributed by atoms with Gasteiger partial charge in [0, 0.05) is 18.8 Å². The zero-order valence-corrected chi connectivity index (χ0v) is 17.0. The van der Waals surface area contributed by atoms with E-state index in [9.17, 15) is 18.0 Å².